The van der Waals surface area contributed by atoms with Crippen LogP contribution in [0.2, 0.25) is 0 Å². The standard InChI is InChI=1S/C20H32N4O3/c1-19(2,3)18-21-13-15(17(26)23-18)16(25)22-14-20(7-5-4-6-8-20)24-9-11-27-12-10-24/h13H,4-12,14H2,1-3H3,(H,22,25)(H,21,23,26). The molecule has 2 aliphatic rings. The fraction of sp³-hybridized carbons (Fsp3) is 0.750. The normalized spacial score (nSPS) is 21.0. The lowest BCUT2D eigenvalue weighted by molar-refractivity contribution is -0.0361. The maximum Gasteiger partial charge on any atom is 0.263 e. The largest absolute Gasteiger partial charge is 0.379 e. The average Bonchev–Trinajstić information content (AvgIpc) is 2.67. The first kappa shape index (κ1) is 20.0. The molecule has 1 aliphatic heterocycles. The molecule has 27 heavy (non-hydrogen) atoms. The Hall–Kier alpha value is -1.73. The van der Waals surface area contributed by atoms with Crippen LogP contribution in [0.15, 0.2) is 11.0 Å². The second-order valence-electron chi connectivity index (χ2n) is 8.79. The van der Waals surface area contributed by atoms with Crippen LogP contribution in [-0.2, 0) is 10.2 Å². The van der Waals surface area contributed by atoms with Gasteiger partial charge >= 0.3 is 0 Å². The molecule has 0 unspecified atom stereocenters. The third-order valence-electron chi connectivity index (χ3n) is 5.80. The average molecular weight is 377 g/mol. The summed E-state index contributed by atoms with van der Waals surface area (Å²) in [5, 5.41) is 3.02. The molecular formula is C20H32N4O3. The van der Waals surface area contributed by atoms with E-state index < -0.39 is 0 Å². The Morgan fingerprint density at radius 3 is 2.52 bits per heavy atom. The van der Waals surface area contributed by atoms with Gasteiger partial charge < -0.3 is 15.0 Å². The molecule has 0 bridgehead atoms. The molecule has 2 heterocycles. The number of hydrogen-bond acceptors (Lipinski definition) is 5. The number of H-pyrrole nitrogens is 1. The van der Waals surface area contributed by atoms with Gasteiger partial charge in [-0.3, -0.25) is 14.5 Å². The highest BCUT2D eigenvalue weighted by atomic mass is 16.5. The molecule has 0 atom stereocenters. The Labute approximate surface area is 160 Å². The molecule has 1 aromatic heterocycles. The summed E-state index contributed by atoms with van der Waals surface area (Å²) in [6.07, 6.45) is 7.15. The molecule has 7 nitrogen and oxygen atoms in total. The van der Waals surface area contributed by atoms with Crippen molar-refractivity contribution in [3.8, 4) is 0 Å². The number of rotatable bonds is 4. The number of hydrogen-bond donors (Lipinski definition) is 2. The van der Waals surface area contributed by atoms with Crippen LogP contribution in [0.4, 0.5) is 0 Å². The molecule has 2 fully saturated rings. The molecular weight excluding hydrogens is 344 g/mol. The van der Waals surface area contributed by atoms with Crippen molar-refractivity contribution in [2.45, 2.75) is 63.8 Å². The third kappa shape index (κ3) is 4.58. The highest BCUT2D eigenvalue weighted by Gasteiger charge is 2.39. The number of aromatic amines is 1. The molecule has 0 spiro atoms. The van der Waals surface area contributed by atoms with Gasteiger partial charge in [-0.2, -0.15) is 0 Å². The topological polar surface area (TPSA) is 87.3 Å². The van der Waals surface area contributed by atoms with Crippen LogP contribution in [0.25, 0.3) is 0 Å². The van der Waals surface area contributed by atoms with Gasteiger partial charge in [-0.15, -0.1) is 0 Å². The van der Waals surface area contributed by atoms with E-state index >= 15 is 0 Å². The Balaban J connectivity index is 1.72. The molecule has 1 aromatic rings. The Bertz CT molecular complexity index is 711. The lowest BCUT2D eigenvalue weighted by atomic mass is 9.79. The van der Waals surface area contributed by atoms with Crippen molar-refractivity contribution in [3.63, 3.8) is 0 Å². The predicted octanol–water partition coefficient (Wildman–Crippen LogP) is 1.83. The van der Waals surface area contributed by atoms with Gasteiger partial charge in [0.05, 0.1) is 13.2 Å². The summed E-state index contributed by atoms with van der Waals surface area (Å²) in [6, 6.07) is 0. The van der Waals surface area contributed by atoms with Crippen LogP contribution in [-0.4, -0.2) is 59.2 Å². The summed E-state index contributed by atoms with van der Waals surface area (Å²) in [7, 11) is 0. The molecule has 2 N–H and O–H groups in total. The van der Waals surface area contributed by atoms with Gasteiger partial charge in [0.2, 0.25) is 0 Å². The summed E-state index contributed by atoms with van der Waals surface area (Å²) >= 11 is 0. The van der Waals surface area contributed by atoms with Crippen LogP contribution in [0, 0.1) is 0 Å². The van der Waals surface area contributed by atoms with Crippen LogP contribution < -0.4 is 10.9 Å². The van der Waals surface area contributed by atoms with E-state index in [2.05, 4.69) is 20.2 Å². The summed E-state index contributed by atoms with van der Waals surface area (Å²) in [4.78, 5) is 34.6. The summed E-state index contributed by atoms with van der Waals surface area (Å²) in [5.41, 5.74) is -0.590. The first-order chi connectivity index (χ1) is 12.8. The molecule has 7 heteroatoms. The van der Waals surface area contributed by atoms with E-state index in [-0.39, 0.29) is 28.0 Å². The fourth-order valence-electron chi connectivity index (χ4n) is 4.13. The van der Waals surface area contributed by atoms with E-state index in [0.29, 0.717) is 12.4 Å². The Morgan fingerprint density at radius 2 is 1.93 bits per heavy atom. The minimum absolute atomic E-state index is 0.0246. The third-order valence-corrected chi connectivity index (χ3v) is 5.80. The quantitative estimate of drug-likeness (QED) is 0.837. The van der Waals surface area contributed by atoms with Gasteiger partial charge in [0.15, 0.2) is 0 Å². The van der Waals surface area contributed by atoms with Crippen LogP contribution in [0.5, 0.6) is 0 Å². The fourth-order valence-corrected chi connectivity index (χ4v) is 4.13. The van der Waals surface area contributed by atoms with Crippen LogP contribution >= 0.6 is 0 Å². The van der Waals surface area contributed by atoms with Gasteiger partial charge in [0.1, 0.15) is 11.4 Å². The number of nitrogens with one attached hydrogen (secondary N) is 2. The van der Waals surface area contributed by atoms with Crippen molar-refractivity contribution in [2.24, 2.45) is 0 Å². The number of nitrogens with zero attached hydrogens (tertiary/aromatic N) is 2. The van der Waals surface area contributed by atoms with Crippen molar-refractivity contribution in [2.75, 3.05) is 32.8 Å². The Kier molecular flexibility index (Phi) is 6.01. The number of amides is 1. The minimum Gasteiger partial charge on any atom is -0.379 e. The summed E-state index contributed by atoms with van der Waals surface area (Å²) in [5.74, 6) is 0.239. The lowest BCUT2D eigenvalue weighted by Crippen LogP contribution is -2.59. The first-order valence-corrected chi connectivity index (χ1v) is 10.0. The molecule has 0 radical (unpaired) electrons. The zero-order valence-electron chi connectivity index (χ0n) is 16.8. The predicted molar refractivity (Wildman–Crippen MR) is 104 cm³/mol. The molecule has 150 valence electrons. The van der Waals surface area contributed by atoms with E-state index in [0.717, 1.165) is 39.1 Å². The minimum atomic E-state index is -0.378. The smallest absolute Gasteiger partial charge is 0.263 e. The van der Waals surface area contributed by atoms with Gasteiger partial charge in [-0.25, -0.2) is 4.98 Å². The van der Waals surface area contributed by atoms with Gasteiger partial charge in [-0.1, -0.05) is 40.0 Å². The van der Waals surface area contributed by atoms with E-state index in [4.69, 9.17) is 4.74 Å². The first-order valence-electron chi connectivity index (χ1n) is 10.0. The number of morpholine rings is 1. The highest BCUT2D eigenvalue weighted by Crippen LogP contribution is 2.33. The van der Waals surface area contributed by atoms with Gasteiger partial charge in [-0.05, 0) is 12.8 Å². The molecule has 1 aliphatic carbocycles. The second-order valence-corrected chi connectivity index (χ2v) is 8.79. The van der Waals surface area contributed by atoms with Crippen molar-refractivity contribution < 1.29 is 9.53 Å². The van der Waals surface area contributed by atoms with Crippen LogP contribution in [0.1, 0.15) is 69.1 Å². The zero-order chi connectivity index (χ0) is 19.5. The molecule has 1 saturated carbocycles. The molecule has 1 amide bonds. The number of aromatic nitrogens is 2. The second kappa shape index (κ2) is 8.10. The maximum absolute atomic E-state index is 12.7. The van der Waals surface area contributed by atoms with Crippen molar-refractivity contribution in [1.29, 1.82) is 0 Å². The van der Waals surface area contributed by atoms with E-state index in [1.54, 1.807) is 0 Å². The van der Waals surface area contributed by atoms with Gasteiger partial charge in [0.25, 0.3) is 11.5 Å². The number of ether oxygens (including phenoxy) is 1. The zero-order valence-corrected chi connectivity index (χ0v) is 16.8. The Morgan fingerprint density at radius 1 is 1.26 bits per heavy atom. The molecule has 1 saturated heterocycles. The summed E-state index contributed by atoms with van der Waals surface area (Å²) in [6.45, 7) is 9.77. The maximum atomic E-state index is 12.7. The van der Waals surface area contributed by atoms with E-state index in [1.165, 1.54) is 25.5 Å². The number of carbonyl (C=O) groups is 1. The van der Waals surface area contributed by atoms with Crippen LogP contribution in [0.3, 0.4) is 0 Å². The monoisotopic (exact) mass is 376 g/mol. The molecule has 3 rings (SSSR count). The van der Waals surface area contributed by atoms with E-state index in [1.807, 2.05) is 20.8 Å². The van der Waals surface area contributed by atoms with Crippen molar-refractivity contribution in [3.05, 3.63) is 27.9 Å². The van der Waals surface area contributed by atoms with Crippen molar-refractivity contribution >= 4 is 5.91 Å². The van der Waals surface area contributed by atoms with Crippen molar-refractivity contribution in [1.82, 2.24) is 20.2 Å². The van der Waals surface area contributed by atoms with Gasteiger partial charge in [0, 0.05) is 36.8 Å². The summed E-state index contributed by atoms with van der Waals surface area (Å²) < 4.78 is 5.50. The number of carbonyl (C=O) groups excluding carboxylic acids is 1. The van der Waals surface area contributed by atoms with E-state index in [9.17, 15) is 9.59 Å². The SMILES string of the molecule is CC(C)(C)c1ncc(C(=O)NCC2(N3CCOCC3)CCCCC2)c(=O)[nH]1. The molecule has 0 aromatic carbocycles. The lowest BCUT2D eigenvalue weighted by Gasteiger charge is -2.48. The highest BCUT2D eigenvalue weighted by molar-refractivity contribution is 5.93.